The molecule has 0 aliphatic carbocycles. The van der Waals surface area contributed by atoms with Crippen LogP contribution in [0.1, 0.15) is 11.1 Å². The average molecular weight is 365 g/mol. The number of benzene rings is 2. The van der Waals surface area contributed by atoms with Crippen LogP contribution in [0.15, 0.2) is 52.3 Å². The monoisotopic (exact) mass is 365 g/mol. The van der Waals surface area contributed by atoms with Crippen LogP contribution in [-0.4, -0.2) is 19.9 Å². The van der Waals surface area contributed by atoms with Crippen molar-refractivity contribution in [2.75, 3.05) is 10.8 Å². The first-order valence-corrected chi connectivity index (χ1v) is 9.51. The summed E-state index contributed by atoms with van der Waals surface area (Å²) in [5.74, 6) is 0. The maximum atomic E-state index is 13.4. The van der Waals surface area contributed by atoms with E-state index in [2.05, 4.69) is 9.83 Å². The van der Waals surface area contributed by atoms with Gasteiger partial charge >= 0.3 is 0 Å². The first kappa shape index (κ1) is 16.4. The summed E-state index contributed by atoms with van der Waals surface area (Å²) in [6.07, 6.45) is 2.05. The lowest BCUT2D eigenvalue weighted by atomic mass is 10.1. The Morgan fingerprint density at radius 3 is 2.77 bits per heavy atom. The Hall–Kier alpha value is -3.11. The highest BCUT2D eigenvalue weighted by atomic mass is 32.2. The molecule has 4 rings (SSSR count). The predicted octanol–water partition coefficient (Wildman–Crippen LogP) is 3.14. The SMILES string of the molecule is [C-]#[N+]c1cc(C)c2c(c1)N(S(=O)(=O)c1cccc3c(=O)[nH]ccc13)CC2. The Balaban J connectivity index is 1.95. The van der Waals surface area contributed by atoms with Crippen LogP contribution < -0.4 is 9.86 Å². The van der Waals surface area contributed by atoms with Crippen molar-refractivity contribution in [1.29, 1.82) is 0 Å². The highest BCUT2D eigenvalue weighted by Gasteiger charge is 2.33. The third kappa shape index (κ3) is 2.30. The minimum atomic E-state index is -3.86. The van der Waals surface area contributed by atoms with Crippen molar-refractivity contribution in [3.8, 4) is 0 Å². The Morgan fingerprint density at radius 1 is 1.19 bits per heavy atom. The number of aromatic nitrogens is 1. The Kier molecular flexibility index (Phi) is 3.60. The van der Waals surface area contributed by atoms with Gasteiger partial charge in [0.2, 0.25) is 0 Å². The van der Waals surface area contributed by atoms with E-state index in [4.69, 9.17) is 6.57 Å². The maximum Gasteiger partial charge on any atom is 0.264 e. The van der Waals surface area contributed by atoms with Crippen LogP contribution in [0.25, 0.3) is 15.6 Å². The first-order chi connectivity index (χ1) is 12.4. The molecular formula is C19H15N3O3S. The molecule has 1 N–H and O–H groups in total. The number of sulfonamides is 1. The molecule has 130 valence electrons. The third-order valence-electron chi connectivity index (χ3n) is 4.74. The highest BCUT2D eigenvalue weighted by molar-refractivity contribution is 7.93. The van der Waals surface area contributed by atoms with E-state index in [1.165, 1.54) is 16.6 Å². The summed E-state index contributed by atoms with van der Waals surface area (Å²) in [5, 5.41) is 0.724. The number of hydrogen-bond donors (Lipinski definition) is 1. The van der Waals surface area contributed by atoms with E-state index in [0.717, 1.165) is 11.1 Å². The zero-order valence-electron chi connectivity index (χ0n) is 14.0. The number of nitrogens with one attached hydrogen (secondary N) is 1. The zero-order chi connectivity index (χ0) is 18.5. The molecule has 26 heavy (non-hydrogen) atoms. The molecule has 0 spiro atoms. The molecule has 6 nitrogen and oxygen atoms in total. The second-order valence-electron chi connectivity index (χ2n) is 6.22. The van der Waals surface area contributed by atoms with Crippen LogP contribution in [0.5, 0.6) is 0 Å². The summed E-state index contributed by atoms with van der Waals surface area (Å²) in [7, 11) is -3.86. The van der Waals surface area contributed by atoms with Crippen molar-refractivity contribution in [1.82, 2.24) is 4.98 Å². The summed E-state index contributed by atoms with van der Waals surface area (Å²) in [5.41, 5.74) is 2.50. The molecule has 2 aromatic carbocycles. The van der Waals surface area contributed by atoms with Gasteiger partial charge in [-0.25, -0.2) is 13.3 Å². The molecule has 1 aliphatic heterocycles. The molecule has 1 aliphatic rings. The Bertz CT molecular complexity index is 1250. The van der Waals surface area contributed by atoms with Crippen molar-refractivity contribution in [3.63, 3.8) is 0 Å². The van der Waals surface area contributed by atoms with Crippen molar-refractivity contribution in [2.45, 2.75) is 18.2 Å². The van der Waals surface area contributed by atoms with Gasteiger partial charge in [0.1, 0.15) is 0 Å². The minimum absolute atomic E-state index is 0.0971. The number of aryl methyl sites for hydroxylation is 1. The molecule has 0 radical (unpaired) electrons. The van der Waals surface area contributed by atoms with Crippen molar-refractivity contribution < 1.29 is 8.42 Å². The zero-order valence-corrected chi connectivity index (χ0v) is 14.8. The molecule has 1 aromatic heterocycles. The van der Waals surface area contributed by atoms with Gasteiger partial charge in [-0.3, -0.25) is 9.10 Å². The summed E-state index contributed by atoms with van der Waals surface area (Å²) in [6, 6.07) is 9.69. The topological polar surface area (TPSA) is 74.6 Å². The fourth-order valence-corrected chi connectivity index (χ4v) is 5.21. The van der Waals surface area contributed by atoms with Gasteiger partial charge in [0.05, 0.1) is 11.5 Å². The molecule has 2 heterocycles. The van der Waals surface area contributed by atoms with Crippen molar-refractivity contribution >= 4 is 32.2 Å². The second kappa shape index (κ2) is 5.71. The smallest absolute Gasteiger partial charge is 0.264 e. The molecule has 0 unspecified atom stereocenters. The van der Waals surface area contributed by atoms with Crippen LogP contribution in [-0.2, 0) is 16.4 Å². The van der Waals surface area contributed by atoms with Crippen LogP contribution in [0, 0.1) is 13.5 Å². The summed E-state index contributed by atoms with van der Waals surface area (Å²) >= 11 is 0. The number of pyridine rings is 1. The molecule has 0 bridgehead atoms. The highest BCUT2D eigenvalue weighted by Crippen LogP contribution is 2.38. The van der Waals surface area contributed by atoms with E-state index >= 15 is 0 Å². The molecule has 3 aromatic rings. The maximum absolute atomic E-state index is 13.4. The number of aromatic amines is 1. The van der Waals surface area contributed by atoms with Gasteiger partial charge in [-0.15, -0.1) is 0 Å². The number of rotatable bonds is 2. The molecule has 0 fully saturated rings. The van der Waals surface area contributed by atoms with E-state index in [1.807, 2.05) is 6.92 Å². The second-order valence-corrected chi connectivity index (χ2v) is 8.05. The van der Waals surface area contributed by atoms with Crippen molar-refractivity contribution in [3.05, 3.63) is 75.5 Å². The molecule has 0 amide bonds. The van der Waals surface area contributed by atoms with Gasteiger partial charge in [-0.2, -0.15) is 0 Å². The van der Waals surface area contributed by atoms with Gasteiger partial charge in [0.25, 0.3) is 15.6 Å². The van der Waals surface area contributed by atoms with E-state index in [-0.39, 0.29) is 10.5 Å². The van der Waals surface area contributed by atoms with Crippen LogP contribution in [0.3, 0.4) is 0 Å². The quantitative estimate of drug-likeness (QED) is 0.709. The normalized spacial score (nSPS) is 13.6. The lowest BCUT2D eigenvalue weighted by Crippen LogP contribution is -2.29. The fourth-order valence-electron chi connectivity index (χ4n) is 3.51. The van der Waals surface area contributed by atoms with E-state index in [0.29, 0.717) is 35.1 Å². The van der Waals surface area contributed by atoms with Gasteiger partial charge in [0, 0.05) is 29.2 Å². The lowest BCUT2D eigenvalue weighted by Gasteiger charge is -2.21. The Morgan fingerprint density at radius 2 is 2.00 bits per heavy atom. The first-order valence-electron chi connectivity index (χ1n) is 8.07. The number of nitrogens with zero attached hydrogens (tertiary/aromatic N) is 2. The van der Waals surface area contributed by atoms with Gasteiger partial charge < -0.3 is 4.98 Å². The minimum Gasteiger partial charge on any atom is -0.329 e. The molecular weight excluding hydrogens is 350 g/mol. The van der Waals surface area contributed by atoms with Gasteiger partial charge in [-0.05, 0) is 43.2 Å². The molecule has 7 heteroatoms. The fraction of sp³-hybridized carbons (Fsp3) is 0.158. The summed E-state index contributed by atoms with van der Waals surface area (Å²) in [4.78, 5) is 18.1. The van der Waals surface area contributed by atoms with Crippen LogP contribution >= 0.6 is 0 Å². The Labute approximate surface area is 150 Å². The van der Waals surface area contributed by atoms with Gasteiger partial charge in [0.15, 0.2) is 5.69 Å². The van der Waals surface area contributed by atoms with E-state index < -0.39 is 10.0 Å². The lowest BCUT2D eigenvalue weighted by molar-refractivity contribution is 0.593. The molecule has 0 saturated heterocycles. The van der Waals surface area contributed by atoms with E-state index in [9.17, 15) is 13.2 Å². The number of H-pyrrole nitrogens is 1. The average Bonchev–Trinajstić information content (AvgIpc) is 3.07. The largest absolute Gasteiger partial charge is 0.329 e. The predicted molar refractivity (Wildman–Crippen MR) is 100 cm³/mol. The number of anilines is 1. The van der Waals surface area contributed by atoms with E-state index in [1.54, 1.807) is 30.3 Å². The number of fused-ring (bicyclic) bond motifs is 2. The summed E-state index contributed by atoms with van der Waals surface area (Å²) in [6.45, 7) is 9.45. The standard InChI is InChI=1S/C19H15N3O3S/c1-12-10-13(20-2)11-17-14(12)7-9-22(17)26(24,25)18-5-3-4-16-15(18)6-8-21-19(16)23/h3-6,8,10-11H,7,9H2,1H3,(H,21,23). The summed E-state index contributed by atoms with van der Waals surface area (Å²) < 4.78 is 28.1. The van der Waals surface area contributed by atoms with Crippen molar-refractivity contribution in [2.24, 2.45) is 0 Å². The third-order valence-corrected chi connectivity index (χ3v) is 6.61. The number of hydrogen-bond acceptors (Lipinski definition) is 3. The van der Waals surface area contributed by atoms with Gasteiger partial charge in [-0.1, -0.05) is 17.7 Å². The molecule has 0 saturated carbocycles. The van der Waals surface area contributed by atoms with Crippen LogP contribution in [0.4, 0.5) is 11.4 Å². The molecule has 0 atom stereocenters. The van der Waals surface area contributed by atoms with Crippen LogP contribution in [0.2, 0.25) is 0 Å².